The fourth-order valence-electron chi connectivity index (χ4n) is 4.03. The third-order valence-electron chi connectivity index (χ3n) is 5.31. The van der Waals surface area contributed by atoms with Gasteiger partial charge >= 0.3 is 0 Å². The lowest BCUT2D eigenvalue weighted by Crippen LogP contribution is -2.36. The van der Waals surface area contributed by atoms with Crippen LogP contribution in [0.1, 0.15) is 28.0 Å². The summed E-state index contributed by atoms with van der Waals surface area (Å²) in [7, 11) is 0. The molecule has 0 spiro atoms. The van der Waals surface area contributed by atoms with E-state index in [9.17, 15) is 4.79 Å². The molecule has 0 saturated heterocycles. The number of rotatable bonds is 1. The second-order valence-corrected chi connectivity index (χ2v) is 7.24. The summed E-state index contributed by atoms with van der Waals surface area (Å²) in [6.07, 6.45) is 2.00. The van der Waals surface area contributed by atoms with Crippen molar-refractivity contribution in [2.24, 2.45) is 0 Å². The lowest BCUT2D eigenvalue weighted by Gasteiger charge is -2.28. The number of fused-ring (bicyclic) bond motifs is 3. The highest BCUT2D eigenvalue weighted by Gasteiger charge is 2.29. The molecule has 2 heterocycles. The van der Waals surface area contributed by atoms with Crippen LogP contribution in [0.3, 0.4) is 0 Å². The molecule has 1 aliphatic heterocycles. The fourth-order valence-corrected chi connectivity index (χ4v) is 4.21. The first kappa shape index (κ1) is 14.8. The molecule has 0 unspecified atom stereocenters. The Kier molecular flexibility index (Phi) is 3.25. The average molecular weight is 349 g/mol. The van der Waals surface area contributed by atoms with Crippen LogP contribution in [0.5, 0.6) is 0 Å². The van der Waals surface area contributed by atoms with Gasteiger partial charge in [0, 0.05) is 29.0 Å². The van der Waals surface area contributed by atoms with E-state index in [1.54, 1.807) is 0 Å². The standard InChI is InChI=1S/C21H17ClN2O/c22-16-5-6-19-15(10-16)11-20(23-19)21(25)24-8-7-14-9-13-3-1-2-4-17(13)18(14)12-24/h1-6,10-11,23H,7-9,12H2. The van der Waals surface area contributed by atoms with Gasteiger partial charge in [0.2, 0.25) is 0 Å². The number of carbonyl (C=O) groups excluding carboxylic acids is 1. The summed E-state index contributed by atoms with van der Waals surface area (Å²) < 4.78 is 0. The molecule has 25 heavy (non-hydrogen) atoms. The molecule has 1 amide bonds. The number of halogens is 1. The second-order valence-electron chi connectivity index (χ2n) is 6.81. The Bertz CT molecular complexity index is 1050. The first-order valence-electron chi connectivity index (χ1n) is 8.56. The summed E-state index contributed by atoms with van der Waals surface area (Å²) in [5.41, 5.74) is 7.12. The Morgan fingerprint density at radius 2 is 2.00 bits per heavy atom. The third kappa shape index (κ3) is 2.38. The van der Waals surface area contributed by atoms with Crippen molar-refractivity contribution in [2.75, 3.05) is 13.1 Å². The molecule has 124 valence electrons. The van der Waals surface area contributed by atoms with Crippen molar-refractivity contribution in [3.63, 3.8) is 0 Å². The van der Waals surface area contributed by atoms with Crippen molar-refractivity contribution in [3.8, 4) is 0 Å². The summed E-state index contributed by atoms with van der Waals surface area (Å²) >= 11 is 6.05. The van der Waals surface area contributed by atoms with Gasteiger partial charge < -0.3 is 9.88 Å². The van der Waals surface area contributed by atoms with Crippen molar-refractivity contribution in [1.29, 1.82) is 0 Å². The van der Waals surface area contributed by atoms with Crippen molar-refractivity contribution >= 4 is 34.0 Å². The largest absolute Gasteiger partial charge is 0.351 e. The Morgan fingerprint density at radius 1 is 1.12 bits per heavy atom. The van der Waals surface area contributed by atoms with Gasteiger partial charge in [-0.2, -0.15) is 0 Å². The normalized spacial score (nSPS) is 16.3. The molecule has 1 aromatic heterocycles. The maximum absolute atomic E-state index is 13.0. The molecule has 1 aliphatic carbocycles. The number of benzene rings is 2. The van der Waals surface area contributed by atoms with E-state index in [0.717, 1.165) is 30.3 Å². The predicted octanol–water partition coefficient (Wildman–Crippen LogP) is 4.68. The molecule has 1 N–H and O–H groups in total. The number of nitrogens with one attached hydrogen (secondary N) is 1. The van der Waals surface area contributed by atoms with Crippen LogP contribution < -0.4 is 0 Å². The van der Waals surface area contributed by atoms with E-state index in [1.165, 1.54) is 22.3 Å². The average Bonchev–Trinajstić information content (AvgIpc) is 3.21. The molecule has 0 saturated carbocycles. The number of hydrogen-bond acceptors (Lipinski definition) is 1. The van der Waals surface area contributed by atoms with Gasteiger partial charge in [-0.25, -0.2) is 0 Å². The monoisotopic (exact) mass is 348 g/mol. The lowest BCUT2D eigenvalue weighted by atomic mass is 10.00. The zero-order chi connectivity index (χ0) is 17.0. The SMILES string of the molecule is O=C(c1cc2cc(Cl)ccc2[nH]1)N1CCC2=C(C1)c1ccccc1C2. The lowest BCUT2D eigenvalue weighted by molar-refractivity contribution is 0.0768. The van der Waals surface area contributed by atoms with E-state index >= 15 is 0 Å². The molecule has 2 aliphatic rings. The highest BCUT2D eigenvalue weighted by atomic mass is 35.5. The maximum Gasteiger partial charge on any atom is 0.270 e. The van der Waals surface area contributed by atoms with E-state index in [2.05, 4.69) is 29.2 Å². The molecule has 2 aromatic carbocycles. The van der Waals surface area contributed by atoms with E-state index < -0.39 is 0 Å². The van der Waals surface area contributed by atoms with Crippen molar-refractivity contribution in [2.45, 2.75) is 12.8 Å². The minimum absolute atomic E-state index is 0.0586. The Morgan fingerprint density at radius 3 is 2.92 bits per heavy atom. The summed E-state index contributed by atoms with van der Waals surface area (Å²) in [4.78, 5) is 18.2. The number of nitrogens with zero attached hydrogens (tertiary/aromatic N) is 1. The van der Waals surface area contributed by atoms with Crippen LogP contribution in [0.2, 0.25) is 5.02 Å². The van der Waals surface area contributed by atoms with Crippen LogP contribution >= 0.6 is 11.6 Å². The Labute approximate surface area is 150 Å². The molecule has 0 fully saturated rings. The highest BCUT2D eigenvalue weighted by molar-refractivity contribution is 6.31. The Balaban J connectivity index is 1.45. The zero-order valence-electron chi connectivity index (χ0n) is 13.7. The Hall–Kier alpha value is -2.52. The van der Waals surface area contributed by atoms with Gasteiger partial charge in [0.1, 0.15) is 5.69 Å². The van der Waals surface area contributed by atoms with Crippen molar-refractivity contribution < 1.29 is 4.79 Å². The van der Waals surface area contributed by atoms with Crippen molar-refractivity contribution in [1.82, 2.24) is 9.88 Å². The molecular formula is C21H17ClN2O. The molecule has 0 radical (unpaired) electrons. The van der Waals surface area contributed by atoms with Crippen molar-refractivity contribution in [3.05, 3.63) is 75.9 Å². The zero-order valence-corrected chi connectivity index (χ0v) is 14.4. The van der Waals surface area contributed by atoms with E-state index in [4.69, 9.17) is 11.6 Å². The predicted molar refractivity (Wildman–Crippen MR) is 101 cm³/mol. The molecule has 3 aromatic rings. The number of carbonyl (C=O) groups is 1. The van der Waals surface area contributed by atoms with Crippen LogP contribution in [0.15, 0.2) is 54.1 Å². The summed E-state index contributed by atoms with van der Waals surface area (Å²) in [5, 5.41) is 1.65. The third-order valence-corrected chi connectivity index (χ3v) is 5.54. The number of H-pyrrole nitrogens is 1. The van der Waals surface area contributed by atoms with Crippen LogP contribution in [-0.4, -0.2) is 28.9 Å². The van der Waals surface area contributed by atoms with E-state index in [-0.39, 0.29) is 5.91 Å². The van der Waals surface area contributed by atoms with Gasteiger partial charge in [-0.15, -0.1) is 0 Å². The first-order valence-corrected chi connectivity index (χ1v) is 8.93. The molecular weight excluding hydrogens is 332 g/mol. The van der Waals surface area contributed by atoms with Gasteiger partial charge in [0.05, 0.1) is 0 Å². The number of aromatic nitrogens is 1. The summed E-state index contributed by atoms with van der Waals surface area (Å²) in [5.74, 6) is 0.0586. The fraction of sp³-hybridized carbons (Fsp3) is 0.190. The highest BCUT2D eigenvalue weighted by Crippen LogP contribution is 2.37. The molecule has 0 bridgehead atoms. The van der Waals surface area contributed by atoms with E-state index in [0.29, 0.717) is 17.3 Å². The van der Waals surface area contributed by atoms with Crippen LogP contribution in [-0.2, 0) is 6.42 Å². The number of amides is 1. The van der Waals surface area contributed by atoms with Gasteiger partial charge in [0.25, 0.3) is 5.91 Å². The summed E-state index contributed by atoms with van der Waals surface area (Å²) in [6, 6.07) is 16.1. The smallest absolute Gasteiger partial charge is 0.270 e. The van der Waals surface area contributed by atoms with Gasteiger partial charge in [-0.3, -0.25) is 4.79 Å². The number of aromatic amines is 1. The van der Waals surface area contributed by atoms with Gasteiger partial charge in [-0.1, -0.05) is 41.4 Å². The molecule has 0 atom stereocenters. The van der Waals surface area contributed by atoms with Crippen LogP contribution in [0.25, 0.3) is 16.5 Å². The van der Waals surface area contributed by atoms with Crippen LogP contribution in [0, 0.1) is 0 Å². The molecule has 3 nitrogen and oxygen atoms in total. The van der Waals surface area contributed by atoms with E-state index in [1.807, 2.05) is 29.2 Å². The quantitative estimate of drug-likeness (QED) is 0.681. The summed E-state index contributed by atoms with van der Waals surface area (Å²) in [6.45, 7) is 1.48. The number of hydrogen-bond donors (Lipinski definition) is 1. The molecule has 5 rings (SSSR count). The van der Waals surface area contributed by atoms with Crippen LogP contribution in [0.4, 0.5) is 0 Å². The minimum Gasteiger partial charge on any atom is -0.351 e. The first-order chi connectivity index (χ1) is 12.2. The minimum atomic E-state index is 0.0586. The van der Waals surface area contributed by atoms with Gasteiger partial charge in [0.15, 0.2) is 0 Å². The van der Waals surface area contributed by atoms with Gasteiger partial charge in [-0.05, 0) is 53.8 Å². The molecule has 4 heteroatoms. The maximum atomic E-state index is 13.0. The topological polar surface area (TPSA) is 36.1 Å². The second kappa shape index (κ2) is 5.50.